The average Bonchev–Trinajstić information content (AvgIpc) is 2.95. The van der Waals surface area contributed by atoms with E-state index in [4.69, 9.17) is 5.84 Å². The summed E-state index contributed by atoms with van der Waals surface area (Å²) in [5, 5.41) is 7.54. The van der Waals surface area contributed by atoms with Crippen molar-refractivity contribution < 1.29 is 0 Å². The van der Waals surface area contributed by atoms with E-state index in [0.29, 0.717) is 17.4 Å². The van der Waals surface area contributed by atoms with Crippen LogP contribution in [-0.2, 0) is 0 Å². The summed E-state index contributed by atoms with van der Waals surface area (Å²) in [6, 6.07) is 0. The molecule has 0 unspecified atom stereocenters. The second kappa shape index (κ2) is 3.52. The van der Waals surface area contributed by atoms with E-state index in [1.165, 1.54) is 0 Å². The van der Waals surface area contributed by atoms with Crippen LogP contribution in [0.4, 0.5) is 5.95 Å². The molecule has 0 fully saturated rings. The monoisotopic (exact) mass is 230 g/mol. The van der Waals surface area contributed by atoms with Crippen molar-refractivity contribution in [2.75, 3.05) is 5.43 Å². The first-order valence-corrected chi connectivity index (χ1v) is 4.97. The number of aryl methyl sites for hydroxylation is 1. The molecule has 0 saturated heterocycles. The Bertz CT molecular complexity index is 666. The normalized spacial score (nSPS) is 10.9. The van der Waals surface area contributed by atoms with E-state index in [2.05, 4.69) is 30.6 Å². The molecule has 0 amide bonds. The van der Waals surface area contributed by atoms with Crippen molar-refractivity contribution in [3.05, 3.63) is 24.4 Å². The lowest BCUT2D eigenvalue weighted by Gasteiger charge is -2.06. The predicted octanol–water partition coefficient (Wildman–Crippen LogP) is 0.133. The molecule has 8 nitrogen and oxygen atoms in total. The molecule has 0 aliphatic rings. The summed E-state index contributed by atoms with van der Waals surface area (Å²) in [5.74, 6) is 7.17. The van der Waals surface area contributed by atoms with Gasteiger partial charge in [-0.2, -0.15) is 15.1 Å². The molecule has 0 saturated carbocycles. The quantitative estimate of drug-likeness (QED) is 0.426. The molecule has 8 heteroatoms. The number of rotatable bonds is 2. The second-order valence-corrected chi connectivity index (χ2v) is 3.49. The number of imidazole rings is 1. The summed E-state index contributed by atoms with van der Waals surface area (Å²) in [4.78, 5) is 12.6. The fraction of sp³-hybridized carbons (Fsp3) is 0.111. The van der Waals surface area contributed by atoms with E-state index < -0.39 is 0 Å². The van der Waals surface area contributed by atoms with Crippen LogP contribution in [0.2, 0.25) is 0 Å². The van der Waals surface area contributed by atoms with Gasteiger partial charge in [0.25, 0.3) is 0 Å². The fourth-order valence-corrected chi connectivity index (χ4v) is 1.67. The Balaban J connectivity index is 2.34. The first kappa shape index (κ1) is 9.73. The van der Waals surface area contributed by atoms with Crippen LogP contribution in [0, 0.1) is 6.92 Å². The van der Waals surface area contributed by atoms with Crippen LogP contribution < -0.4 is 11.3 Å². The Morgan fingerprint density at radius 3 is 3.00 bits per heavy atom. The first-order chi connectivity index (χ1) is 8.29. The van der Waals surface area contributed by atoms with Crippen molar-refractivity contribution in [1.82, 2.24) is 29.7 Å². The molecule has 3 aromatic heterocycles. The van der Waals surface area contributed by atoms with Gasteiger partial charge in [0, 0.05) is 12.4 Å². The summed E-state index contributed by atoms with van der Waals surface area (Å²) in [7, 11) is 0. The zero-order chi connectivity index (χ0) is 11.8. The number of anilines is 1. The van der Waals surface area contributed by atoms with Gasteiger partial charge in [0.05, 0.1) is 11.6 Å². The van der Waals surface area contributed by atoms with Gasteiger partial charge in [-0.25, -0.2) is 10.8 Å². The van der Waals surface area contributed by atoms with Gasteiger partial charge in [-0.15, -0.1) is 0 Å². The maximum absolute atomic E-state index is 5.34. The maximum atomic E-state index is 5.34. The highest BCUT2D eigenvalue weighted by Gasteiger charge is 2.11. The minimum Gasteiger partial charge on any atom is -0.292 e. The molecule has 4 N–H and O–H groups in total. The number of hydrazine groups is 1. The van der Waals surface area contributed by atoms with Gasteiger partial charge >= 0.3 is 0 Å². The first-order valence-electron chi connectivity index (χ1n) is 4.97. The van der Waals surface area contributed by atoms with Crippen LogP contribution >= 0.6 is 0 Å². The minimum absolute atomic E-state index is 0.324. The van der Waals surface area contributed by atoms with Crippen molar-refractivity contribution in [2.45, 2.75) is 6.92 Å². The number of nitrogens with zero attached hydrogens (tertiary/aromatic N) is 5. The number of hydrogen-bond acceptors (Lipinski definition) is 6. The molecule has 0 aliphatic heterocycles. The van der Waals surface area contributed by atoms with Crippen molar-refractivity contribution >= 4 is 17.0 Å². The van der Waals surface area contributed by atoms with Crippen molar-refractivity contribution in [3.63, 3.8) is 0 Å². The smallest absolute Gasteiger partial charge is 0.241 e. The highest BCUT2D eigenvalue weighted by atomic mass is 15.3. The highest BCUT2D eigenvalue weighted by molar-refractivity contribution is 5.82. The Morgan fingerprint density at radius 1 is 1.41 bits per heavy atom. The molecule has 3 aromatic rings. The van der Waals surface area contributed by atoms with Crippen LogP contribution in [0.25, 0.3) is 16.9 Å². The van der Waals surface area contributed by atoms with Crippen LogP contribution in [0.1, 0.15) is 5.82 Å². The number of hydrogen-bond donors (Lipinski definition) is 3. The second-order valence-electron chi connectivity index (χ2n) is 3.49. The Hall–Kier alpha value is -2.48. The number of nitrogen functional groups attached to an aromatic ring is 1. The van der Waals surface area contributed by atoms with Crippen LogP contribution in [0.3, 0.4) is 0 Å². The number of H-pyrrole nitrogens is 1. The van der Waals surface area contributed by atoms with Gasteiger partial charge in [0.15, 0.2) is 11.5 Å². The summed E-state index contributed by atoms with van der Waals surface area (Å²) in [5.41, 5.74) is 3.05. The topological polar surface area (TPSA) is 110 Å². The van der Waals surface area contributed by atoms with E-state index in [0.717, 1.165) is 11.2 Å². The van der Waals surface area contributed by atoms with Gasteiger partial charge in [0.2, 0.25) is 5.95 Å². The molecule has 0 radical (unpaired) electrons. The lowest BCUT2D eigenvalue weighted by Crippen LogP contribution is -2.12. The van der Waals surface area contributed by atoms with Crippen molar-refractivity contribution in [1.29, 1.82) is 0 Å². The van der Waals surface area contributed by atoms with E-state index in [9.17, 15) is 0 Å². The summed E-state index contributed by atoms with van der Waals surface area (Å²) >= 11 is 0. The van der Waals surface area contributed by atoms with E-state index in [-0.39, 0.29) is 0 Å². The molecule has 17 heavy (non-hydrogen) atoms. The van der Waals surface area contributed by atoms with Crippen molar-refractivity contribution in [2.24, 2.45) is 5.84 Å². The van der Waals surface area contributed by atoms with Gasteiger partial charge in [-0.1, -0.05) is 0 Å². The van der Waals surface area contributed by atoms with Gasteiger partial charge < -0.3 is 0 Å². The molecular weight excluding hydrogens is 220 g/mol. The van der Waals surface area contributed by atoms with E-state index in [1.807, 2.05) is 17.7 Å². The highest BCUT2D eigenvalue weighted by Crippen LogP contribution is 2.19. The number of fused-ring (bicyclic) bond motifs is 1. The third kappa shape index (κ3) is 1.42. The van der Waals surface area contributed by atoms with Crippen LogP contribution in [0.15, 0.2) is 18.6 Å². The average molecular weight is 230 g/mol. The molecule has 86 valence electrons. The maximum Gasteiger partial charge on any atom is 0.241 e. The van der Waals surface area contributed by atoms with Gasteiger partial charge in [-0.05, 0) is 6.92 Å². The Kier molecular flexibility index (Phi) is 2.02. The summed E-state index contributed by atoms with van der Waals surface area (Å²) in [6.45, 7) is 1.89. The van der Waals surface area contributed by atoms with Crippen LogP contribution in [-0.4, -0.2) is 29.7 Å². The van der Waals surface area contributed by atoms with Crippen LogP contribution in [0.5, 0.6) is 0 Å². The van der Waals surface area contributed by atoms with Gasteiger partial charge in [0.1, 0.15) is 5.82 Å². The number of aromatic nitrogens is 6. The summed E-state index contributed by atoms with van der Waals surface area (Å²) < 4.78 is 1.85. The lowest BCUT2D eigenvalue weighted by molar-refractivity contribution is 0.933. The third-order valence-electron chi connectivity index (χ3n) is 2.47. The zero-order valence-electron chi connectivity index (χ0n) is 9.05. The Morgan fingerprint density at radius 2 is 2.29 bits per heavy atom. The number of aromatic amines is 1. The molecule has 3 rings (SSSR count). The molecule has 0 atom stereocenters. The predicted molar refractivity (Wildman–Crippen MR) is 61.4 cm³/mol. The van der Waals surface area contributed by atoms with E-state index >= 15 is 0 Å². The molecule has 3 heterocycles. The zero-order valence-corrected chi connectivity index (χ0v) is 9.05. The SMILES string of the molecule is Cc1nccn1-c1nc(NN)nc2[nH]ncc12. The number of nitrogens with one attached hydrogen (secondary N) is 2. The molecule has 0 spiro atoms. The van der Waals surface area contributed by atoms with Gasteiger partial charge in [-0.3, -0.25) is 15.1 Å². The minimum atomic E-state index is 0.324. The van der Waals surface area contributed by atoms with Crippen molar-refractivity contribution in [3.8, 4) is 5.82 Å². The largest absolute Gasteiger partial charge is 0.292 e. The molecule has 0 aromatic carbocycles. The standard InChI is InChI=1S/C9H10N8/c1-5-11-2-3-17(5)8-6-4-12-16-7(6)13-9(14-8)15-10/h2-4H,10H2,1H3,(H2,12,13,14,15,16). The van der Waals surface area contributed by atoms with E-state index in [1.54, 1.807) is 12.4 Å². The lowest BCUT2D eigenvalue weighted by atomic mass is 10.4. The summed E-state index contributed by atoms with van der Waals surface area (Å²) in [6.07, 6.45) is 5.20. The molecule has 0 aliphatic carbocycles. The Labute approximate surface area is 95.9 Å². The fourth-order valence-electron chi connectivity index (χ4n) is 1.67. The third-order valence-corrected chi connectivity index (χ3v) is 2.47. The number of nitrogens with two attached hydrogens (primary N) is 1. The molecular formula is C9H10N8. The molecule has 0 bridgehead atoms.